The molecule has 1 saturated heterocycles. The lowest BCUT2D eigenvalue weighted by Gasteiger charge is -2.36. The summed E-state index contributed by atoms with van der Waals surface area (Å²) in [5, 5.41) is 3.20. The van der Waals surface area contributed by atoms with Gasteiger partial charge in [0.05, 0.1) is 29.8 Å². The number of hydrogen-bond acceptors (Lipinski definition) is 7. The van der Waals surface area contributed by atoms with E-state index in [4.69, 9.17) is 16.3 Å². The zero-order valence-corrected chi connectivity index (χ0v) is 21.5. The van der Waals surface area contributed by atoms with Gasteiger partial charge in [0.1, 0.15) is 28.9 Å². The van der Waals surface area contributed by atoms with E-state index in [-0.39, 0.29) is 11.9 Å². The van der Waals surface area contributed by atoms with Crippen molar-refractivity contribution in [2.45, 2.75) is 13.8 Å². The Hall–Kier alpha value is -4.31. The van der Waals surface area contributed by atoms with E-state index in [0.717, 1.165) is 16.6 Å². The van der Waals surface area contributed by atoms with Gasteiger partial charge in [-0.2, -0.15) is 0 Å². The van der Waals surface area contributed by atoms with Gasteiger partial charge in [-0.3, -0.25) is 9.78 Å². The van der Waals surface area contributed by atoms with Gasteiger partial charge in [0.2, 0.25) is 5.91 Å². The third-order valence-electron chi connectivity index (χ3n) is 6.66. The molecule has 0 bridgehead atoms. The molecule has 2 aromatic carbocycles. The van der Waals surface area contributed by atoms with Crippen LogP contribution in [0, 0.1) is 12.7 Å². The minimum Gasteiger partial charge on any atom is -0.424 e. The van der Waals surface area contributed by atoms with E-state index >= 15 is 4.39 Å². The Labute approximate surface area is 222 Å². The zero-order chi connectivity index (χ0) is 26.4. The lowest BCUT2D eigenvalue weighted by Crippen LogP contribution is -2.52. The lowest BCUT2D eigenvalue weighted by atomic mass is 10.0. The smallest absolute Gasteiger partial charge is 0.322 e. The summed E-state index contributed by atoms with van der Waals surface area (Å²) in [6.07, 6.45) is 5.00. The van der Waals surface area contributed by atoms with Crippen molar-refractivity contribution in [2.24, 2.45) is 0 Å². The minimum atomic E-state index is -0.442. The van der Waals surface area contributed by atoms with Gasteiger partial charge in [0.15, 0.2) is 0 Å². The van der Waals surface area contributed by atoms with Crippen LogP contribution in [0.3, 0.4) is 0 Å². The summed E-state index contributed by atoms with van der Waals surface area (Å²) in [5.41, 5.74) is 3.65. The van der Waals surface area contributed by atoms with Gasteiger partial charge in [0.25, 0.3) is 0 Å². The van der Waals surface area contributed by atoms with Gasteiger partial charge in [-0.15, -0.1) is 0 Å². The summed E-state index contributed by atoms with van der Waals surface area (Å²) >= 11 is 6.61. The van der Waals surface area contributed by atoms with Crippen molar-refractivity contribution in [3.05, 3.63) is 71.7 Å². The number of hydrogen-bond donors (Lipinski definition) is 0. The SMILES string of the molecule is CC(=O)N1CCN(n2cnc3cnc4cc(F)c(-c5ccc(Oc6nccc(C)n6)cc5Cl)cc4c32)CC1. The van der Waals surface area contributed by atoms with Crippen LogP contribution in [0.2, 0.25) is 5.02 Å². The van der Waals surface area contributed by atoms with E-state index in [1.807, 2.05) is 16.5 Å². The second-order valence-corrected chi connectivity index (χ2v) is 9.52. The van der Waals surface area contributed by atoms with Gasteiger partial charge in [-0.05, 0) is 31.2 Å². The number of carbonyl (C=O) groups is 1. The molecule has 1 amide bonds. The Morgan fingerprint density at radius 2 is 1.82 bits per heavy atom. The highest BCUT2D eigenvalue weighted by molar-refractivity contribution is 6.33. The molecule has 9 nitrogen and oxygen atoms in total. The Balaban J connectivity index is 1.39. The predicted molar refractivity (Wildman–Crippen MR) is 142 cm³/mol. The van der Waals surface area contributed by atoms with Crippen molar-refractivity contribution in [2.75, 3.05) is 31.2 Å². The third kappa shape index (κ3) is 4.37. The average molecular weight is 532 g/mol. The molecule has 1 aliphatic heterocycles. The van der Waals surface area contributed by atoms with Gasteiger partial charge in [0, 0.05) is 60.5 Å². The molecule has 0 atom stereocenters. The van der Waals surface area contributed by atoms with Crippen molar-refractivity contribution in [1.29, 1.82) is 0 Å². The monoisotopic (exact) mass is 531 g/mol. The quantitative estimate of drug-likeness (QED) is 0.331. The maximum atomic E-state index is 15.4. The third-order valence-corrected chi connectivity index (χ3v) is 6.98. The fraction of sp³-hybridized carbons (Fsp3) is 0.222. The number of piperazine rings is 1. The highest BCUT2D eigenvalue weighted by Crippen LogP contribution is 2.37. The number of ether oxygens (including phenoxy) is 1. The van der Waals surface area contributed by atoms with E-state index in [1.165, 1.54) is 6.07 Å². The summed E-state index contributed by atoms with van der Waals surface area (Å²) in [4.78, 5) is 30.9. The molecule has 0 radical (unpaired) electrons. The molecule has 0 saturated carbocycles. The first-order valence-corrected chi connectivity index (χ1v) is 12.5. The van der Waals surface area contributed by atoms with Crippen molar-refractivity contribution < 1.29 is 13.9 Å². The molecule has 0 N–H and O–H groups in total. The van der Waals surface area contributed by atoms with Crippen LogP contribution in [0.15, 0.2) is 55.1 Å². The summed E-state index contributed by atoms with van der Waals surface area (Å²) in [6.45, 7) is 5.97. The minimum absolute atomic E-state index is 0.0645. The topological polar surface area (TPSA) is 89.3 Å². The maximum absolute atomic E-state index is 15.4. The molecule has 5 aromatic rings. The van der Waals surface area contributed by atoms with E-state index in [2.05, 4.69) is 24.9 Å². The fourth-order valence-corrected chi connectivity index (χ4v) is 4.98. The molecule has 0 unspecified atom stereocenters. The van der Waals surface area contributed by atoms with E-state index in [1.54, 1.807) is 56.0 Å². The first kappa shape index (κ1) is 24.1. The molecule has 192 valence electrons. The summed E-state index contributed by atoms with van der Waals surface area (Å²) in [7, 11) is 0. The van der Waals surface area contributed by atoms with Crippen molar-refractivity contribution >= 4 is 39.4 Å². The van der Waals surface area contributed by atoms with E-state index in [0.29, 0.717) is 59.1 Å². The second-order valence-electron chi connectivity index (χ2n) is 9.11. The predicted octanol–water partition coefficient (Wildman–Crippen LogP) is 4.73. The van der Waals surface area contributed by atoms with Crippen LogP contribution in [0.1, 0.15) is 12.6 Å². The number of aryl methyl sites for hydroxylation is 1. The Bertz CT molecular complexity index is 1700. The summed E-state index contributed by atoms with van der Waals surface area (Å²) in [6, 6.07) is 10.2. The van der Waals surface area contributed by atoms with Crippen LogP contribution < -0.4 is 9.75 Å². The van der Waals surface area contributed by atoms with Crippen molar-refractivity contribution in [1.82, 2.24) is 29.5 Å². The van der Waals surface area contributed by atoms with Gasteiger partial charge < -0.3 is 14.6 Å². The van der Waals surface area contributed by atoms with Crippen LogP contribution in [-0.2, 0) is 4.79 Å². The Morgan fingerprint density at radius 1 is 1.00 bits per heavy atom. The Morgan fingerprint density at radius 3 is 2.55 bits per heavy atom. The van der Waals surface area contributed by atoms with E-state index in [9.17, 15) is 4.79 Å². The number of carbonyl (C=O) groups excluding carboxylic acids is 1. The molecule has 1 fully saturated rings. The zero-order valence-electron chi connectivity index (χ0n) is 20.7. The lowest BCUT2D eigenvalue weighted by molar-refractivity contribution is -0.129. The van der Waals surface area contributed by atoms with Crippen LogP contribution >= 0.6 is 11.6 Å². The molecule has 0 aliphatic carbocycles. The van der Waals surface area contributed by atoms with Crippen molar-refractivity contribution in [3.63, 3.8) is 0 Å². The van der Waals surface area contributed by atoms with Gasteiger partial charge >= 0.3 is 6.01 Å². The molecule has 6 rings (SSSR count). The average Bonchev–Trinajstić information content (AvgIpc) is 3.33. The number of fused-ring (bicyclic) bond motifs is 3. The number of aromatic nitrogens is 5. The number of rotatable bonds is 4. The number of amides is 1. The number of nitrogens with zero attached hydrogens (tertiary/aromatic N) is 7. The molecular weight excluding hydrogens is 509 g/mol. The van der Waals surface area contributed by atoms with Crippen LogP contribution in [0.25, 0.3) is 33.1 Å². The van der Waals surface area contributed by atoms with Gasteiger partial charge in [-0.25, -0.2) is 24.0 Å². The largest absolute Gasteiger partial charge is 0.424 e. The molecule has 1 aliphatic rings. The summed E-state index contributed by atoms with van der Waals surface area (Å²) < 4.78 is 23.1. The van der Waals surface area contributed by atoms with E-state index < -0.39 is 5.82 Å². The first-order valence-electron chi connectivity index (χ1n) is 12.1. The molecule has 4 heterocycles. The second kappa shape index (κ2) is 9.53. The van der Waals surface area contributed by atoms with Crippen LogP contribution in [0.5, 0.6) is 11.8 Å². The molecule has 3 aromatic heterocycles. The molecule has 11 heteroatoms. The molecule has 0 spiro atoms. The van der Waals surface area contributed by atoms with Gasteiger partial charge in [-0.1, -0.05) is 11.6 Å². The number of halogens is 2. The molecule has 38 heavy (non-hydrogen) atoms. The Kier molecular flexibility index (Phi) is 6.03. The highest BCUT2D eigenvalue weighted by Gasteiger charge is 2.22. The van der Waals surface area contributed by atoms with Crippen molar-refractivity contribution in [3.8, 4) is 22.9 Å². The highest BCUT2D eigenvalue weighted by atomic mass is 35.5. The molecular formula is C27H23ClFN7O2. The fourth-order valence-electron chi connectivity index (χ4n) is 4.70. The van der Waals surface area contributed by atoms with Crippen LogP contribution in [0.4, 0.5) is 4.39 Å². The normalized spacial score (nSPS) is 13.9. The maximum Gasteiger partial charge on any atom is 0.322 e. The first-order chi connectivity index (χ1) is 18.4. The number of pyridine rings is 1. The summed E-state index contributed by atoms with van der Waals surface area (Å²) in [5.74, 6) is 0.0649. The van der Waals surface area contributed by atoms with Crippen LogP contribution in [-0.4, -0.2) is 61.6 Å². The number of benzene rings is 2. The number of imidazole rings is 1. The standard InChI is InChI=1S/C27H23ClFN7O2/c1-16-5-6-30-27(33-16)38-18-3-4-19(22(28)11-18)20-12-21-24(13-23(20)29)31-14-25-26(21)36(15-32-25)35-9-7-34(8-10-35)17(2)37/h3-6,11-15H,7-10H2,1-2H3.